The highest BCUT2D eigenvalue weighted by molar-refractivity contribution is 6.29. The van der Waals surface area contributed by atoms with Crippen LogP contribution in [0.1, 0.15) is 15.9 Å². The SMILES string of the molecule is CN(C)c1ccc(Nc2nc(NCc3cccc(NC(=O)CCl)c3)n3ccnc3c2C(N)=O)cc1. The summed E-state index contributed by atoms with van der Waals surface area (Å²) < 4.78 is 1.67. The molecule has 0 aliphatic rings. The highest BCUT2D eigenvalue weighted by Gasteiger charge is 2.20. The standard InChI is InChI=1S/C24H25ClN8O2/c1-32(2)18-8-6-16(7-9-18)30-22-20(21(26)35)23-27-10-11-33(23)24(31-22)28-14-15-4-3-5-17(12-15)29-19(34)13-25/h3-12,30H,13-14H2,1-2H3,(H2,26,35)(H,28,31)(H,29,34). The Morgan fingerprint density at radius 3 is 2.57 bits per heavy atom. The van der Waals surface area contributed by atoms with Crippen molar-refractivity contribution in [2.45, 2.75) is 6.54 Å². The van der Waals surface area contributed by atoms with E-state index in [4.69, 9.17) is 17.3 Å². The summed E-state index contributed by atoms with van der Waals surface area (Å²) in [5.41, 5.74) is 9.59. The third-order valence-corrected chi connectivity index (χ3v) is 5.47. The molecular weight excluding hydrogens is 468 g/mol. The minimum atomic E-state index is -0.643. The Hall–Kier alpha value is -4.31. The van der Waals surface area contributed by atoms with Crippen LogP contribution >= 0.6 is 11.6 Å². The number of nitrogens with zero attached hydrogens (tertiary/aromatic N) is 4. The smallest absolute Gasteiger partial charge is 0.256 e. The lowest BCUT2D eigenvalue weighted by Gasteiger charge is -2.16. The number of anilines is 5. The Morgan fingerprint density at radius 1 is 1.11 bits per heavy atom. The van der Waals surface area contributed by atoms with Gasteiger partial charge < -0.3 is 26.6 Å². The van der Waals surface area contributed by atoms with Crippen LogP contribution in [0.3, 0.4) is 0 Å². The van der Waals surface area contributed by atoms with Gasteiger partial charge in [0, 0.05) is 50.1 Å². The monoisotopic (exact) mass is 492 g/mol. The fraction of sp³-hybridized carbons (Fsp3) is 0.167. The average Bonchev–Trinajstić information content (AvgIpc) is 3.32. The topological polar surface area (TPSA) is 130 Å². The molecule has 2 aromatic carbocycles. The van der Waals surface area contributed by atoms with Crippen molar-refractivity contribution in [3.63, 3.8) is 0 Å². The van der Waals surface area contributed by atoms with Gasteiger partial charge >= 0.3 is 0 Å². The molecule has 180 valence electrons. The molecule has 0 radical (unpaired) electrons. The first-order valence-electron chi connectivity index (χ1n) is 10.8. The van der Waals surface area contributed by atoms with Crippen LogP contribution < -0.4 is 26.6 Å². The van der Waals surface area contributed by atoms with Crippen molar-refractivity contribution in [2.75, 3.05) is 40.8 Å². The second-order valence-electron chi connectivity index (χ2n) is 7.95. The van der Waals surface area contributed by atoms with Gasteiger partial charge in [-0.2, -0.15) is 4.98 Å². The van der Waals surface area contributed by atoms with Crippen LogP contribution in [0, 0.1) is 0 Å². The summed E-state index contributed by atoms with van der Waals surface area (Å²) in [5, 5.41) is 9.20. The largest absolute Gasteiger partial charge is 0.378 e. The number of imidazole rings is 1. The molecule has 2 heterocycles. The zero-order valence-electron chi connectivity index (χ0n) is 19.2. The van der Waals surface area contributed by atoms with Crippen molar-refractivity contribution >= 4 is 57.9 Å². The van der Waals surface area contributed by atoms with Crippen LogP contribution in [-0.2, 0) is 11.3 Å². The van der Waals surface area contributed by atoms with E-state index >= 15 is 0 Å². The fourth-order valence-electron chi connectivity index (χ4n) is 3.54. The van der Waals surface area contributed by atoms with Gasteiger partial charge in [0.25, 0.3) is 5.91 Å². The maximum Gasteiger partial charge on any atom is 0.256 e. The van der Waals surface area contributed by atoms with E-state index in [-0.39, 0.29) is 17.4 Å². The number of amides is 2. The van der Waals surface area contributed by atoms with Crippen molar-refractivity contribution < 1.29 is 9.59 Å². The zero-order chi connectivity index (χ0) is 24.9. The van der Waals surface area contributed by atoms with E-state index in [0.29, 0.717) is 29.6 Å². The number of aromatic nitrogens is 3. The molecule has 0 unspecified atom stereocenters. The van der Waals surface area contributed by atoms with Crippen LogP contribution in [0.15, 0.2) is 60.9 Å². The average molecular weight is 493 g/mol. The lowest BCUT2D eigenvalue weighted by atomic mass is 10.2. The minimum Gasteiger partial charge on any atom is -0.378 e. The molecule has 0 saturated heterocycles. The highest BCUT2D eigenvalue weighted by Crippen LogP contribution is 2.26. The number of nitrogens with one attached hydrogen (secondary N) is 3. The molecule has 4 rings (SSSR count). The molecule has 0 atom stereocenters. The van der Waals surface area contributed by atoms with Gasteiger partial charge in [0.15, 0.2) is 11.5 Å². The molecule has 2 aromatic heterocycles. The summed E-state index contributed by atoms with van der Waals surface area (Å²) in [4.78, 5) is 34.9. The molecule has 0 bridgehead atoms. The van der Waals surface area contributed by atoms with Crippen molar-refractivity contribution in [3.8, 4) is 0 Å². The van der Waals surface area contributed by atoms with Gasteiger partial charge in [-0.25, -0.2) is 4.98 Å². The van der Waals surface area contributed by atoms with Gasteiger partial charge in [0.2, 0.25) is 11.9 Å². The molecule has 0 aliphatic carbocycles. The van der Waals surface area contributed by atoms with E-state index in [1.54, 1.807) is 22.9 Å². The Morgan fingerprint density at radius 2 is 1.89 bits per heavy atom. The van der Waals surface area contributed by atoms with E-state index in [1.807, 2.05) is 61.5 Å². The minimum absolute atomic E-state index is 0.120. The van der Waals surface area contributed by atoms with Gasteiger partial charge in [-0.15, -0.1) is 11.6 Å². The van der Waals surface area contributed by atoms with Crippen molar-refractivity contribution in [2.24, 2.45) is 5.73 Å². The Bertz CT molecular complexity index is 1370. The Kier molecular flexibility index (Phi) is 7.02. The van der Waals surface area contributed by atoms with Crippen LogP contribution in [0.2, 0.25) is 0 Å². The summed E-state index contributed by atoms with van der Waals surface area (Å²) in [6, 6.07) is 15.1. The fourth-order valence-corrected chi connectivity index (χ4v) is 3.60. The highest BCUT2D eigenvalue weighted by atomic mass is 35.5. The zero-order valence-corrected chi connectivity index (χ0v) is 20.0. The molecule has 0 spiro atoms. The normalized spacial score (nSPS) is 10.7. The molecule has 4 aromatic rings. The number of nitrogens with two attached hydrogens (primary N) is 1. The van der Waals surface area contributed by atoms with Gasteiger partial charge in [-0.1, -0.05) is 12.1 Å². The molecular formula is C24H25ClN8O2. The number of hydrogen-bond acceptors (Lipinski definition) is 7. The second kappa shape index (κ2) is 10.3. The van der Waals surface area contributed by atoms with E-state index < -0.39 is 5.91 Å². The first-order valence-corrected chi connectivity index (χ1v) is 11.3. The third kappa shape index (κ3) is 5.44. The third-order valence-electron chi connectivity index (χ3n) is 5.22. The molecule has 2 amide bonds. The molecule has 0 aliphatic heterocycles. The summed E-state index contributed by atoms with van der Waals surface area (Å²) in [5.74, 6) is -0.292. The van der Waals surface area contributed by atoms with Gasteiger partial charge in [-0.05, 0) is 42.0 Å². The lowest BCUT2D eigenvalue weighted by Crippen LogP contribution is -2.18. The van der Waals surface area contributed by atoms with Crippen molar-refractivity contribution in [3.05, 3.63) is 72.1 Å². The number of primary amides is 1. The maximum atomic E-state index is 12.3. The quantitative estimate of drug-likeness (QED) is 0.263. The predicted octanol–water partition coefficient (Wildman–Crippen LogP) is 3.43. The van der Waals surface area contributed by atoms with Crippen molar-refractivity contribution in [1.29, 1.82) is 0 Å². The maximum absolute atomic E-state index is 12.3. The number of fused-ring (bicyclic) bond motifs is 1. The van der Waals surface area contributed by atoms with E-state index in [9.17, 15) is 9.59 Å². The number of hydrogen-bond donors (Lipinski definition) is 4. The Balaban J connectivity index is 1.64. The summed E-state index contributed by atoms with van der Waals surface area (Å²) >= 11 is 5.57. The molecule has 5 N–H and O–H groups in total. The van der Waals surface area contributed by atoms with E-state index in [2.05, 4.69) is 25.9 Å². The number of rotatable bonds is 9. The van der Waals surface area contributed by atoms with Crippen LogP contribution in [0.25, 0.3) is 5.65 Å². The molecule has 0 saturated carbocycles. The number of halogens is 1. The van der Waals surface area contributed by atoms with Crippen LogP contribution in [0.4, 0.5) is 28.8 Å². The molecule has 11 heteroatoms. The summed E-state index contributed by atoms with van der Waals surface area (Å²) in [6.07, 6.45) is 3.27. The Labute approximate surface area is 207 Å². The summed E-state index contributed by atoms with van der Waals surface area (Å²) in [7, 11) is 3.92. The predicted molar refractivity (Wildman–Crippen MR) is 139 cm³/mol. The molecule has 35 heavy (non-hydrogen) atoms. The first kappa shape index (κ1) is 23.8. The molecule has 10 nitrogen and oxygen atoms in total. The van der Waals surface area contributed by atoms with E-state index in [0.717, 1.165) is 16.9 Å². The second-order valence-corrected chi connectivity index (χ2v) is 8.21. The number of carbonyl (C=O) groups is 2. The number of alkyl halides is 1. The van der Waals surface area contributed by atoms with Gasteiger partial charge in [0.05, 0.1) is 0 Å². The van der Waals surface area contributed by atoms with E-state index in [1.165, 1.54) is 0 Å². The number of benzene rings is 2. The first-order chi connectivity index (χ1) is 16.9. The van der Waals surface area contributed by atoms with Gasteiger partial charge in [0.1, 0.15) is 11.4 Å². The van der Waals surface area contributed by atoms with Crippen molar-refractivity contribution in [1.82, 2.24) is 14.4 Å². The lowest BCUT2D eigenvalue weighted by molar-refractivity contribution is -0.113. The van der Waals surface area contributed by atoms with Crippen LogP contribution in [-0.4, -0.2) is 46.2 Å². The molecule has 0 fully saturated rings. The number of carbonyl (C=O) groups excluding carboxylic acids is 2. The summed E-state index contributed by atoms with van der Waals surface area (Å²) in [6.45, 7) is 0.401. The van der Waals surface area contributed by atoms with Crippen LogP contribution in [0.5, 0.6) is 0 Å². The van der Waals surface area contributed by atoms with Gasteiger partial charge in [-0.3, -0.25) is 14.0 Å².